The standard InChI is InChI=1S/C31H48N4O3.C2HF3O2/c1-4-5-11-27-31(38-30(37)35(27)23-22-32-16-6-7-17-32)14-20-33(21-15-31)26-12-18-34(19-13-26)29(36)28-24(2)9-8-10-25(28)3;3-2(4,5)1(6)7/h8-10,26-27H,4-7,11-23H2,1-3H3;(H,6,7). The number of benzene rings is 1. The van der Waals surface area contributed by atoms with Crippen LogP contribution in [0.2, 0.25) is 0 Å². The number of hydrogen-bond donors (Lipinski definition) is 1. The van der Waals surface area contributed by atoms with Crippen LogP contribution in [0.4, 0.5) is 18.0 Å². The van der Waals surface area contributed by atoms with E-state index >= 15 is 0 Å². The Balaban J connectivity index is 0.000000591. The van der Waals surface area contributed by atoms with Gasteiger partial charge in [-0.25, -0.2) is 9.59 Å². The average Bonchev–Trinajstić information content (AvgIpc) is 3.61. The van der Waals surface area contributed by atoms with E-state index in [-0.39, 0.29) is 23.6 Å². The summed E-state index contributed by atoms with van der Waals surface area (Å²) in [5.74, 6) is -2.57. The summed E-state index contributed by atoms with van der Waals surface area (Å²) in [5.41, 5.74) is 2.68. The fraction of sp³-hybridized carbons (Fsp3) is 0.727. The lowest BCUT2D eigenvalue weighted by molar-refractivity contribution is -0.192. The molecule has 12 heteroatoms. The van der Waals surface area contributed by atoms with Crippen molar-refractivity contribution in [2.45, 2.75) is 102 Å². The highest BCUT2D eigenvalue weighted by Gasteiger charge is 2.54. The number of carbonyl (C=O) groups excluding carboxylic acids is 2. The number of aryl methyl sites for hydroxylation is 2. The number of halogens is 3. The Morgan fingerprint density at radius 2 is 1.56 bits per heavy atom. The van der Waals surface area contributed by atoms with Crippen molar-refractivity contribution in [1.82, 2.24) is 19.6 Å². The predicted molar refractivity (Wildman–Crippen MR) is 164 cm³/mol. The number of aliphatic carboxylic acids is 1. The highest BCUT2D eigenvalue weighted by Crippen LogP contribution is 2.41. The summed E-state index contributed by atoms with van der Waals surface area (Å²) in [7, 11) is 0. The molecule has 1 unspecified atom stereocenters. The third-order valence-electron chi connectivity index (χ3n) is 10.0. The molecule has 1 aromatic rings. The van der Waals surface area contributed by atoms with Crippen molar-refractivity contribution in [3.63, 3.8) is 0 Å². The first-order valence-corrected chi connectivity index (χ1v) is 16.5. The Kier molecular flexibility index (Phi) is 11.8. The van der Waals surface area contributed by atoms with E-state index in [1.165, 1.54) is 12.8 Å². The molecule has 4 saturated heterocycles. The third kappa shape index (κ3) is 8.49. The summed E-state index contributed by atoms with van der Waals surface area (Å²) in [6.45, 7) is 14.0. The summed E-state index contributed by atoms with van der Waals surface area (Å²) < 4.78 is 38.0. The van der Waals surface area contributed by atoms with Crippen LogP contribution in [-0.4, -0.2) is 119 Å². The van der Waals surface area contributed by atoms with Gasteiger partial charge >= 0.3 is 18.2 Å². The van der Waals surface area contributed by atoms with Crippen LogP contribution in [0.1, 0.15) is 86.2 Å². The molecular formula is C33H49F3N4O5. The molecule has 0 aromatic heterocycles. The van der Waals surface area contributed by atoms with E-state index < -0.39 is 12.1 Å². The molecule has 0 saturated carbocycles. The maximum atomic E-state index is 13.3. The highest BCUT2D eigenvalue weighted by atomic mass is 19.4. The second-order valence-electron chi connectivity index (χ2n) is 13.0. The lowest BCUT2D eigenvalue weighted by atomic mass is 9.81. The van der Waals surface area contributed by atoms with Crippen LogP contribution < -0.4 is 0 Å². The fourth-order valence-electron chi connectivity index (χ4n) is 7.48. The highest BCUT2D eigenvalue weighted by molar-refractivity contribution is 5.97. The van der Waals surface area contributed by atoms with E-state index in [1.54, 1.807) is 0 Å². The molecule has 1 aromatic carbocycles. The molecule has 45 heavy (non-hydrogen) atoms. The number of ether oxygens (including phenoxy) is 1. The molecule has 252 valence electrons. The normalized spacial score (nSPS) is 22.8. The van der Waals surface area contributed by atoms with Gasteiger partial charge in [0, 0.05) is 63.7 Å². The van der Waals surface area contributed by atoms with Gasteiger partial charge in [-0.05, 0) is 70.2 Å². The first-order valence-electron chi connectivity index (χ1n) is 16.5. The van der Waals surface area contributed by atoms with Crippen LogP contribution in [0.25, 0.3) is 0 Å². The molecule has 9 nitrogen and oxygen atoms in total. The van der Waals surface area contributed by atoms with Crippen molar-refractivity contribution in [3.05, 3.63) is 34.9 Å². The molecule has 4 aliphatic heterocycles. The van der Waals surface area contributed by atoms with Crippen molar-refractivity contribution >= 4 is 18.0 Å². The summed E-state index contributed by atoms with van der Waals surface area (Å²) in [6, 6.07) is 6.81. The number of carbonyl (C=O) groups is 3. The molecule has 0 aliphatic carbocycles. The molecule has 2 amide bonds. The molecule has 4 heterocycles. The summed E-state index contributed by atoms with van der Waals surface area (Å²) in [4.78, 5) is 44.5. The SMILES string of the molecule is CCCCC1N(CCN2CCCC2)C(=O)OC12CCN(C1CCN(C(=O)c3c(C)cccc3C)CC1)CC2.O=C(O)C(F)(F)F. The van der Waals surface area contributed by atoms with Crippen LogP contribution in [0.15, 0.2) is 18.2 Å². The van der Waals surface area contributed by atoms with Crippen molar-refractivity contribution in [1.29, 1.82) is 0 Å². The van der Waals surface area contributed by atoms with Gasteiger partial charge in [0.25, 0.3) is 5.91 Å². The second-order valence-corrected chi connectivity index (χ2v) is 13.0. The van der Waals surface area contributed by atoms with E-state index in [1.807, 2.05) is 32.0 Å². The Morgan fingerprint density at radius 1 is 0.978 bits per heavy atom. The van der Waals surface area contributed by atoms with E-state index in [0.29, 0.717) is 6.04 Å². The fourth-order valence-corrected chi connectivity index (χ4v) is 7.48. The van der Waals surface area contributed by atoms with Gasteiger partial charge in [0.05, 0.1) is 6.04 Å². The molecule has 0 bridgehead atoms. The minimum Gasteiger partial charge on any atom is -0.475 e. The minimum atomic E-state index is -5.08. The Morgan fingerprint density at radius 3 is 2.09 bits per heavy atom. The van der Waals surface area contributed by atoms with Gasteiger partial charge in [0.1, 0.15) is 5.60 Å². The number of rotatable bonds is 8. The zero-order valence-corrected chi connectivity index (χ0v) is 26.9. The van der Waals surface area contributed by atoms with Gasteiger partial charge in [-0.2, -0.15) is 13.2 Å². The Labute approximate surface area is 264 Å². The zero-order chi connectivity index (χ0) is 32.8. The summed E-state index contributed by atoms with van der Waals surface area (Å²) in [6.07, 6.45) is 4.60. The number of piperidine rings is 2. The van der Waals surface area contributed by atoms with Crippen LogP contribution in [-0.2, 0) is 9.53 Å². The van der Waals surface area contributed by atoms with Gasteiger partial charge < -0.3 is 19.6 Å². The largest absolute Gasteiger partial charge is 0.490 e. The molecule has 4 fully saturated rings. The van der Waals surface area contributed by atoms with Crippen LogP contribution >= 0.6 is 0 Å². The quantitative estimate of drug-likeness (QED) is 0.403. The number of alkyl halides is 3. The molecule has 4 aliphatic rings. The molecule has 5 rings (SSSR count). The van der Waals surface area contributed by atoms with Crippen LogP contribution in [0.5, 0.6) is 0 Å². The number of carboxylic acids is 1. The monoisotopic (exact) mass is 638 g/mol. The Hall–Kier alpha value is -2.86. The lowest BCUT2D eigenvalue weighted by Crippen LogP contribution is -2.56. The molecule has 1 N–H and O–H groups in total. The summed E-state index contributed by atoms with van der Waals surface area (Å²) >= 11 is 0. The summed E-state index contributed by atoms with van der Waals surface area (Å²) in [5, 5.41) is 7.12. The first kappa shape index (κ1) is 35.0. The lowest BCUT2D eigenvalue weighted by Gasteiger charge is -2.46. The van der Waals surface area contributed by atoms with E-state index in [2.05, 4.69) is 26.5 Å². The molecular weight excluding hydrogens is 589 g/mol. The second kappa shape index (κ2) is 15.2. The average molecular weight is 639 g/mol. The number of likely N-dealkylation sites (tertiary alicyclic amines) is 3. The molecule has 0 radical (unpaired) electrons. The third-order valence-corrected chi connectivity index (χ3v) is 10.0. The smallest absolute Gasteiger partial charge is 0.475 e. The maximum Gasteiger partial charge on any atom is 0.490 e. The number of unbranched alkanes of at least 4 members (excludes halogenated alkanes) is 1. The van der Waals surface area contributed by atoms with Crippen molar-refractivity contribution in [2.75, 3.05) is 52.4 Å². The zero-order valence-electron chi connectivity index (χ0n) is 26.9. The van der Waals surface area contributed by atoms with E-state index in [9.17, 15) is 22.8 Å². The van der Waals surface area contributed by atoms with Gasteiger partial charge in [-0.15, -0.1) is 0 Å². The van der Waals surface area contributed by atoms with Crippen molar-refractivity contribution in [2.24, 2.45) is 0 Å². The van der Waals surface area contributed by atoms with Crippen molar-refractivity contribution < 1.29 is 37.4 Å². The predicted octanol–water partition coefficient (Wildman–Crippen LogP) is 5.48. The molecule has 1 atom stereocenters. The van der Waals surface area contributed by atoms with Gasteiger partial charge in [0.15, 0.2) is 0 Å². The van der Waals surface area contributed by atoms with Crippen LogP contribution in [0, 0.1) is 13.8 Å². The van der Waals surface area contributed by atoms with E-state index in [4.69, 9.17) is 14.6 Å². The van der Waals surface area contributed by atoms with Gasteiger partial charge in [-0.1, -0.05) is 38.0 Å². The van der Waals surface area contributed by atoms with Crippen molar-refractivity contribution in [3.8, 4) is 0 Å². The van der Waals surface area contributed by atoms with Gasteiger partial charge in [-0.3, -0.25) is 14.6 Å². The first-order chi connectivity index (χ1) is 21.4. The Bertz CT molecular complexity index is 1150. The molecule has 1 spiro atoms. The topological polar surface area (TPSA) is 93.6 Å². The number of nitrogens with zero attached hydrogens (tertiary/aromatic N) is 4. The number of amides is 2. The van der Waals surface area contributed by atoms with Gasteiger partial charge in [0.2, 0.25) is 0 Å². The minimum absolute atomic E-state index is 0.0860. The number of hydrogen-bond acceptors (Lipinski definition) is 6. The maximum absolute atomic E-state index is 13.3. The van der Waals surface area contributed by atoms with E-state index in [0.717, 1.165) is 114 Å². The number of carboxylic acid groups (broad SMARTS) is 1. The van der Waals surface area contributed by atoms with Crippen LogP contribution in [0.3, 0.4) is 0 Å².